The van der Waals surface area contributed by atoms with Gasteiger partial charge in [-0.3, -0.25) is 0 Å². The lowest BCUT2D eigenvalue weighted by molar-refractivity contribution is 0.0559. The molecule has 0 saturated carbocycles. The lowest BCUT2D eigenvalue weighted by atomic mass is 10.1. The first kappa shape index (κ1) is 10.1. The van der Waals surface area contributed by atoms with Crippen molar-refractivity contribution >= 4 is 28.9 Å². The quantitative estimate of drug-likeness (QED) is 0.776. The van der Waals surface area contributed by atoms with E-state index < -0.39 is 0 Å². The molecular formula is C10H11Cl2NO. The van der Waals surface area contributed by atoms with Crippen molar-refractivity contribution in [3.8, 4) is 0 Å². The van der Waals surface area contributed by atoms with Gasteiger partial charge in [-0.05, 0) is 12.1 Å². The van der Waals surface area contributed by atoms with Crippen molar-refractivity contribution < 1.29 is 4.74 Å². The Balaban J connectivity index is 2.28. The number of benzene rings is 1. The maximum absolute atomic E-state index is 6.09. The predicted octanol–water partition coefficient (Wildman–Crippen LogP) is 3.18. The van der Waals surface area contributed by atoms with Crippen molar-refractivity contribution in [3.63, 3.8) is 0 Å². The molecule has 1 saturated heterocycles. The summed E-state index contributed by atoms with van der Waals surface area (Å²) in [7, 11) is 1.70. The Morgan fingerprint density at radius 3 is 2.79 bits per heavy atom. The van der Waals surface area contributed by atoms with Crippen molar-refractivity contribution in [1.82, 2.24) is 0 Å². The zero-order chi connectivity index (χ0) is 10.1. The third-order valence-electron chi connectivity index (χ3n) is 2.48. The van der Waals surface area contributed by atoms with Crippen LogP contribution in [0.3, 0.4) is 0 Å². The summed E-state index contributed by atoms with van der Waals surface area (Å²) in [6.07, 6.45) is 1.19. The SMILES string of the molecule is COC1CCN1c1cccc(Cl)c1Cl. The summed E-state index contributed by atoms with van der Waals surface area (Å²) in [5.74, 6) is 0. The summed E-state index contributed by atoms with van der Waals surface area (Å²) in [5.41, 5.74) is 0.956. The fourth-order valence-electron chi connectivity index (χ4n) is 1.60. The van der Waals surface area contributed by atoms with Crippen LogP contribution < -0.4 is 4.90 Å². The van der Waals surface area contributed by atoms with Crippen LogP contribution in [0.5, 0.6) is 0 Å². The van der Waals surface area contributed by atoms with Gasteiger partial charge in [-0.1, -0.05) is 29.3 Å². The lowest BCUT2D eigenvalue weighted by Gasteiger charge is -2.41. The number of rotatable bonds is 2. The zero-order valence-corrected chi connectivity index (χ0v) is 9.35. The molecule has 4 heteroatoms. The molecule has 1 heterocycles. The highest BCUT2D eigenvalue weighted by molar-refractivity contribution is 6.43. The number of methoxy groups -OCH3 is 1. The molecule has 0 aromatic heterocycles. The van der Waals surface area contributed by atoms with Crippen LogP contribution in [0.2, 0.25) is 10.0 Å². The van der Waals surface area contributed by atoms with Gasteiger partial charge in [-0.2, -0.15) is 0 Å². The topological polar surface area (TPSA) is 12.5 Å². The van der Waals surface area contributed by atoms with Crippen molar-refractivity contribution in [1.29, 1.82) is 0 Å². The van der Waals surface area contributed by atoms with Crippen molar-refractivity contribution in [3.05, 3.63) is 28.2 Å². The highest BCUT2D eigenvalue weighted by Crippen LogP contribution is 2.36. The summed E-state index contributed by atoms with van der Waals surface area (Å²) in [6, 6.07) is 5.64. The first-order chi connectivity index (χ1) is 6.74. The van der Waals surface area contributed by atoms with E-state index in [1.54, 1.807) is 13.2 Å². The first-order valence-electron chi connectivity index (χ1n) is 4.47. The Kier molecular flexibility index (Phi) is 2.86. The summed E-state index contributed by atoms with van der Waals surface area (Å²) in [4.78, 5) is 2.11. The number of halogens is 2. The molecule has 0 spiro atoms. The monoisotopic (exact) mass is 231 g/mol. The Morgan fingerprint density at radius 1 is 1.43 bits per heavy atom. The molecule has 1 unspecified atom stereocenters. The summed E-state index contributed by atoms with van der Waals surface area (Å²) < 4.78 is 5.27. The van der Waals surface area contributed by atoms with E-state index in [0.717, 1.165) is 18.7 Å². The van der Waals surface area contributed by atoms with Gasteiger partial charge < -0.3 is 9.64 Å². The molecule has 76 valence electrons. The molecule has 1 aliphatic rings. The largest absolute Gasteiger partial charge is 0.362 e. The third-order valence-corrected chi connectivity index (χ3v) is 3.29. The van der Waals surface area contributed by atoms with Crippen LogP contribution in [0.1, 0.15) is 6.42 Å². The minimum absolute atomic E-state index is 0.144. The molecule has 2 nitrogen and oxygen atoms in total. The van der Waals surface area contributed by atoms with Gasteiger partial charge in [0.25, 0.3) is 0 Å². The van der Waals surface area contributed by atoms with Gasteiger partial charge in [0.15, 0.2) is 0 Å². The molecule has 1 aliphatic heterocycles. The van der Waals surface area contributed by atoms with E-state index in [1.807, 2.05) is 12.1 Å². The number of hydrogen-bond donors (Lipinski definition) is 0. The van der Waals surface area contributed by atoms with Crippen molar-refractivity contribution in [2.24, 2.45) is 0 Å². The molecule has 0 aliphatic carbocycles. The van der Waals surface area contributed by atoms with E-state index in [9.17, 15) is 0 Å². The van der Waals surface area contributed by atoms with E-state index >= 15 is 0 Å². The van der Waals surface area contributed by atoms with Gasteiger partial charge >= 0.3 is 0 Å². The maximum Gasteiger partial charge on any atom is 0.131 e. The molecule has 1 atom stereocenters. The number of anilines is 1. The zero-order valence-electron chi connectivity index (χ0n) is 7.84. The summed E-state index contributed by atoms with van der Waals surface area (Å²) >= 11 is 12.0. The van der Waals surface area contributed by atoms with Gasteiger partial charge in [0.1, 0.15) is 6.23 Å². The van der Waals surface area contributed by atoms with Crippen LogP contribution in [0.4, 0.5) is 5.69 Å². The van der Waals surface area contributed by atoms with Gasteiger partial charge in [-0.15, -0.1) is 0 Å². The third kappa shape index (κ3) is 1.58. The fourth-order valence-corrected chi connectivity index (χ4v) is 2.00. The Bertz CT molecular complexity index is 341. The molecular weight excluding hydrogens is 221 g/mol. The van der Waals surface area contributed by atoms with Crippen LogP contribution in [-0.4, -0.2) is 19.9 Å². The average molecular weight is 232 g/mol. The standard InChI is InChI=1S/C10H11Cl2NO/c1-14-9-5-6-13(9)8-4-2-3-7(11)10(8)12/h2-4,9H,5-6H2,1H3. The van der Waals surface area contributed by atoms with Crippen LogP contribution in [-0.2, 0) is 4.74 Å². The summed E-state index contributed by atoms with van der Waals surface area (Å²) in [5, 5.41) is 1.20. The van der Waals surface area contributed by atoms with E-state index in [0.29, 0.717) is 10.0 Å². The van der Waals surface area contributed by atoms with Gasteiger partial charge in [-0.25, -0.2) is 0 Å². The minimum Gasteiger partial charge on any atom is -0.362 e. The second kappa shape index (κ2) is 3.97. The fraction of sp³-hybridized carbons (Fsp3) is 0.400. The first-order valence-corrected chi connectivity index (χ1v) is 5.23. The second-order valence-electron chi connectivity index (χ2n) is 3.25. The molecule has 1 aromatic carbocycles. The van der Waals surface area contributed by atoms with E-state index in [2.05, 4.69) is 4.90 Å². The smallest absolute Gasteiger partial charge is 0.131 e. The number of nitrogens with zero attached hydrogens (tertiary/aromatic N) is 1. The second-order valence-corrected chi connectivity index (χ2v) is 4.03. The van der Waals surface area contributed by atoms with E-state index in [-0.39, 0.29) is 6.23 Å². The van der Waals surface area contributed by atoms with Crippen LogP contribution in [0.15, 0.2) is 18.2 Å². The predicted molar refractivity (Wildman–Crippen MR) is 59.2 cm³/mol. The van der Waals surface area contributed by atoms with Crippen LogP contribution >= 0.6 is 23.2 Å². The lowest BCUT2D eigenvalue weighted by Crippen LogP contribution is -2.49. The Hall–Kier alpha value is -0.440. The molecule has 1 fully saturated rings. The molecule has 0 N–H and O–H groups in total. The van der Waals surface area contributed by atoms with Crippen molar-refractivity contribution in [2.75, 3.05) is 18.6 Å². The normalized spacial score (nSPS) is 20.8. The summed E-state index contributed by atoms with van der Waals surface area (Å²) in [6.45, 7) is 0.971. The molecule has 2 rings (SSSR count). The average Bonchev–Trinajstić information content (AvgIpc) is 2.12. The van der Waals surface area contributed by atoms with E-state index in [4.69, 9.17) is 27.9 Å². The van der Waals surface area contributed by atoms with Gasteiger partial charge in [0.2, 0.25) is 0 Å². The van der Waals surface area contributed by atoms with Crippen LogP contribution in [0.25, 0.3) is 0 Å². The highest BCUT2D eigenvalue weighted by atomic mass is 35.5. The van der Waals surface area contributed by atoms with Crippen LogP contribution in [0, 0.1) is 0 Å². The minimum atomic E-state index is 0.144. The molecule has 0 radical (unpaired) electrons. The van der Waals surface area contributed by atoms with Gasteiger partial charge in [0, 0.05) is 20.1 Å². The number of ether oxygens (including phenoxy) is 1. The maximum atomic E-state index is 6.09. The molecule has 1 aromatic rings. The van der Waals surface area contributed by atoms with Crippen molar-refractivity contribution in [2.45, 2.75) is 12.6 Å². The Labute approximate surface area is 93.4 Å². The molecule has 0 bridgehead atoms. The molecule has 0 amide bonds. The number of hydrogen-bond acceptors (Lipinski definition) is 2. The van der Waals surface area contributed by atoms with Gasteiger partial charge in [0.05, 0.1) is 15.7 Å². The Morgan fingerprint density at radius 2 is 2.21 bits per heavy atom. The highest BCUT2D eigenvalue weighted by Gasteiger charge is 2.29. The van der Waals surface area contributed by atoms with E-state index in [1.165, 1.54) is 0 Å². The molecule has 14 heavy (non-hydrogen) atoms.